The van der Waals surface area contributed by atoms with Gasteiger partial charge >= 0.3 is 11.9 Å². The largest absolute Gasteiger partial charge is 0.495 e. The first-order valence-electron chi connectivity index (χ1n) is 6.62. The van der Waals surface area contributed by atoms with E-state index in [4.69, 9.17) is 30.5 Å². The molecule has 1 N–H and O–H groups in total. The van der Waals surface area contributed by atoms with E-state index in [2.05, 4.69) is 5.32 Å². The third-order valence-electron chi connectivity index (χ3n) is 2.96. The number of hydrogen-bond acceptors (Lipinski definition) is 7. The third-order valence-corrected chi connectivity index (χ3v) is 3.26. The highest BCUT2D eigenvalue weighted by atomic mass is 35.5. The molecule has 2 rings (SSSR count). The van der Waals surface area contributed by atoms with E-state index in [1.54, 1.807) is 12.1 Å². The van der Waals surface area contributed by atoms with Crippen molar-refractivity contribution in [2.45, 2.75) is 19.6 Å². The predicted molar refractivity (Wildman–Crippen MR) is 82.5 cm³/mol. The molecule has 7 nitrogen and oxygen atoms in total. The molecule has 1 fully saturated rings. The maximum Gasteiger partial charge on any atom is 0.350 e. The Bertz CT molecular complexity index is 661. The SMILES string of the molecule is COc1cc(NC=C2C(=O)OC(C)(C)OC2=O)c(OC)cc1Cl. The number of anilines is 1. The van der Waals surface area contributed by atoms with E-state index in [9.17, 15) is 9.59 Å². The second kappa shape index (κ2) is 6.37. The van der Waals surface area contributed by atoms with Crippen LogP contribution in [0.15, 0.2) is 23.9 Å². The molecule has 1 aliphatic heterocycles. The topological polar surface area (TPSA) is 83.1 Å². The Hall–Kier alpha value is -2.41. The number of nitrogens with one attached hydrogen (secondary N) is 1. The molecule has 0 amide bonds. The molecular formula is C15H16ClNO6. The van der Waals surface area contributed by atoms with Gasteiger partial charge in [0.25, 0.3) is 5.79 Å². The van der Waals surface area contributed by atoms with E-state index in [0.29, 0.717) is 22.2 Å². The van der Waals surface area contributed by atoms with Crippen molar-refractivity contribution < 1.29 is 28.5 Å². The molecule has 0 radical (unpaired) electrons. The molecule has 1 aromatic carbocycles. The van der Waals surface area contributed by atoms with Crippen molar-refractivity contribution >= 4 is 29.2 Å². The summed E-state index contributed by atoms with van der Waals surface area (Å²) in [5, 5.41) is 3.16. The van der Waals surface area contributed by atoms with Crippen molar-refractivity contribution in [3.8, 4) is 11.5 Å². The van der Waals surface area contributed by atoms with Crippen LogP contribution in [0.4, 0.5) is 5.69 Å². The number of carbonyl (C=O) groups is 2. The molecule has 124 valence electrons. The van der Waals surface area contributed by atoms with E-state index in [-0.39, 0.29) is 5.57 Å². The molecule has 1 saturated heterocycles. The van der Waals surface area contributed by atoms with Crippen LogP contribution >= 0.6 is 11.6 Å². The lowest BCUT2D eigenvalue weighted by Gasteiger charge is -2.29. The number of halogens is 1. The number of esters is 2. The number of cyclic esters (lactones) is 2. The Morgan fingerprint density at radius 2 is 1.65 bits per heavy atom. The summed E-state index contributed by atoms with van der Waals surface area (Å²) in [6.45, 7) is 2.94. The normalized spacial score (nSPS) is 16.3. The van der Waals surface area contributed by atoms with E-state index in [1.165, 1.54) is 34.3 Å². The Labute approximate surface area is 138 Å². The zero-order chi connectivity index (χ0) is 17.2. The first-order chi connectivity index (χ1) is 10.8. The van der Waals surface area contributed by atoms with Gasteiger partial charge in [0.15, 0.2) is 5.57 Å². The zero-order valence-corrected chi connectivity index (χ0v) is 13.8. The van der Waals surface area contributed by atoms with Gasteiger partial charge in [-0.15, -0.1) is 0 Å². The smallest absolute Gasteiger partial charge is 0.350 e. The summed E-state index contributed by atoms with van der Waals surface area (Å²) in [7, 11) is 2.93. The average Bonchev–Trinajstić information content (AvgIpc) is 2.45. The number of benzene rings is 1. The predicted octanol–water partition coefficient (Wildman–Crippen LogP) is 2.49. The van der Waals surface area contributed by atoms with Crippen LogP contribution in [-0.2, 0) is 19.1 Å². The monoisotopic (exact) mass is 341 g/mol. The molecule has 0 bridgehead atoms. The molecule has 0 saturated carbocycles. The van der Waals surface area contributed by atoms with Gasteiger partial charge in [-0.05, 0) is 0 Å². The highest BCUT2D eigenvalue weighted by Gasteiger charge is 2.39. The van der Waals surface area contributed by atoms with Crippen LogP contribution in [0.2, 0.25) is 5.02 Å². The molecule has 0 atom stereocenters. The standard InChI is InChI=1S/C15H16ClNO6/c1-15(2)22-13(18)8(14(19)23-15)7-17-10-6-11(20-3)9(16)5-12(10)21-4/h5-7,17H,1-4H3. The fourth-order valence-electron chi connectivity index (χ4n) is 1.90. The summed E-state index contributed by atoms with van der Waals surface area (Å²) >= 11 is 6.01. The fraction of sp³-hybridized carbons (Fsp3) is 0.333. The first-order valence-corrected chi connectivity index (χ1v) is 7.00. The van der Waals surface area contributed by atoms with Gasteiger partial charge in [-0.1, -0.05) is 11.6 Å². The summed E-state index contributed by atoms with van der Waals surface area (Å²) < 4.78 is 20.3. The minimum Gasteiger partial charge on any atom is -0.495 e. The first kappa shape index (κ1) is 17.0. The van der Waals surface area contributed by atoms with Crippen LogP contribution in [0, 0.1) is 0 Å². The molecule has 1 heterocycles. The van der Waals surface area contributed by atoms with Crippen LogP contribution in [0.3, 0.4) is 0 Å². The van der Waals surface area contributed by atoms with Gasteiger partial charge in [-0.3, -0.25) is 0 Å². The maximum absolute atomic E-state index is 11.9. The van der Waals surface area contributed by atoms with Crippen LogP contribution in [0.25, 0.3) is 0 Å². The van der Waals surface area contributed by atoms with Gasteiger partial charge in [0, 0.05) is 32.2 Å². The van der Waals surface area contributed by atoms with Gasteiger partial charge in [-0.25, -0.2) is 9.59 Å². The summed E-state index contributed by atoms with van der Waals surface area (Å²) in [6.07, 6.45) is 1.19. The lowest BCUT2D eigenvalue weighted by molar-refractivity contribution is -0.222. The van der Waals surface area contributed by atoms with Crippen molar-refractivity contribution in [2.24, 2.45) is 0 Å². The number of rotatable bonds is 4. The van der Waals surface area contributed by atoms with Crippen LogP contribution in [0.1, 0.15) is 13.8 Å². The van der Waals surface area contributed by atoms with Gasteiger partial charge in [0.05, 0.1) is 24.9 Å². The van der Waals surface area contributed by atoms with E-state index < -0.39 is 17.7 Å². The molecule has 0 aliphatic carbocycles. The van der Waals surface area contributed by atoms with E-state index in [1.807, 2.05) is 0 Å². The zero-order valence-electron chi connectivity index (χ0n) is 13.1. The number of methoxy groups -OCH3 is 2. The van der Waals surface area contributed by atoms with Gasteiger partial charge in [0.2, 0.25) is 0 Å². The van der Waals surface area contributed by atoms with Crippen molar-refractivity contribution in [1.29, 1.82) is 0 Å². The lowest BCUT2D eigenvalue weighted by Crippen LogP contribution is -2.42. The Balaban J connectivity index is 2.29. The van der Waals surface area contributed by atoms with Crippen molar-refractivity contribution in [1.82, 2.24) is 0 Å². The van der Waals surface area contributed by atoms with E-state index in [0.717, 1.165) is 0 Å². The molecule has 1 aliphatic rings. The molecule has 8 heteroatoms. The minimum absolute atomic E-state index is 0.264. The molecular weight excluding hydrogens is 326 g/mol. The number of ether oxygens (including phenoxy) is 4. The molecule has 1 aromatic rings. The van der Waals surface area contributed by atoms with Crippen LogP contribution in [-0.4, -0.2) is 31.9 Å². The molecule has 0 spiro atoms. The van der Waals surface area contributed by atoms with Gasteiger partial charge < -0.3 is 24.3 Å². The lowest BCUT2D eigenvalue weighted by atomic mass is 10.2. The maximum atomic E-state index is 11.9. The Morgan fingerprint density at radius 1 is 1.09 bits per heavy atom. The van der Waals surface area contributed by atoms with Gasteiger partial charge in [0.1, 0.15) is 11.5 Å². The Morgan fingerprint density at radius 3 is 2.17 bits per heavy atom. The summed E-state index contributed by atoms with van der Waals surface area (Å²) in [5.74, 6) is -2.03. The second-order valence-corrected chi connectivity index (χ2v) is 5.48. The van der Waals surface area contributed by atoms with Crippen molar-refractivity contribution in [3.05, 3.63) is 28.9 Å². The summed E-state index contributed by atoms with van der Waals surface area (Å²) in [5.41, 5.74) is 0.187. The highest BCUT2D eigenvalue weighted by molar-refractivity contribution is 6.32. The molecule has 0 unspecified atom stereocenters. The Kier molecular flexibility index (Phi) is 4.70. The molecule has 23 heavy (non-hydrogen) atoms. The average molecular weight is 342 g/mol. The van der Waals surface area contributed by atoms with Crippen molar-refractivity contribution in [3.63, 3.8) is 0 Å². The van der Waals surface area contributed by atoms with E-state index >= 15 is 0 Å². The van der Waals surface area contributed by atoms with Crippen molar-refractivity contribution in [2.75, 3.05) is 19.5 Å². The van der Waals surface area contributed by atoms with Crippen LogP contribution < -0.4 is 14.8 Å². The summed E-state index contributed by atoms with van der Waals surface area (Å²) in [6, 6.07) is 3.11. The fourth-order valence-corrected chi connectivity index (χ4v) is 2.13. The number of hydrogen-bond donors (Lipinski definition) is 1. The highest BCUT2D eigenvalue weighted by Crippen LogP contribution is 2.36. The minimum atomic E-state index is -1.29. The quantitative estimate of drug-likeness (QED) is 0.511. The number of carbonyl (C=O) groups excluding carboxylic acids is 2. The van der Waals surface area contributed by atoms with Gasteiger partial charge in [-0.2, -0.15) is 0 Å². The molecule has 0 aromatic heterocycles. The summed E-state index contributed by atoms with van der Waals surface area (Å²) in [4.78, 5) is 23.7. The van der Waals surface area contributed by atoms with Crippen LogP contribution in [0.5, 0.6) is 11.5 Å². The third kappa shape index (κ3) is 3.68. The second-order valence-electron chi connectivity index (χ2n) is 5.07.